The van der Waals surface area contributed by atoms with E-state index < -0.39 is 12.4 Å². The van der Waals surface area contributed by atoms with Gasteiger partial charge in [-0.1, -0.05) is 0 Å². The lowest BCUT2D eigenvalue weighted by atomic mass is 10.3. The minimum atomic E-state index is -4.76. The maximum atomic E-state index is 12.0. The second-order valence-electron chi connectivity index (χ2n) is 4.04. The number of likely N-dealkylation sites (N-methyl/N-ethyl adjacent to an activating group) is 1. The Bertz CT molecular complexity index is 502. The van der Waals surface area contributed by atoms with E-state index in [4.69, 9.17) is 11.1 Å². The first-order chi connectivity index (χ1) is 9.71. The number of urea groups is 1. The molecule has 4 N–H and O–H groups in total. The van der Waals surface area contributed by atoms with Crippen molar-refractivity contribution >= 4 is 17.6 Å². The Kier molecular flexibility index (Phi) is 5.39. The third kappa shape index (κ3) is 6.02. The molecule has 0 aliphatic carbocycles. The molecule has 116 valence electrons. The van der Waals surface area contributed by atoms with E-state index in [9.17, 15) is 18.0 Å². The number of amidine groups is 1. The second kappa shape index (κ2) is 6.82. The summed E-state index contributed by atoms with van der Waals surface area (Å²) in [6, 6.07) is 4.23. The van der Waals surface area contributed by atoms with Crippen LogP contribution < -0.4 is 15.8 Å². The zero-order valence-corrected chi connectivity index (χ0v) is 11.2. The number of carbonyl (C=O) groups excluding carboxylic acids is 1. The fraction of sp³-hybridized carbons (Fsp3) is 0.333. The number of anilines is 1. The summed E-state index contributed by atoms with van der Waals surface area (Å²) in [7, 11) is 0. The maximum Gasteiger partial charge on any atom is 0.573 e. The molecule has 1 aromatic rings. The molecule has 0 unspecified atom stereocenters. The second-order valence-corrected chi connectivity index (χ2v) is 4.04. The summed E-state index contributed by atoms with van der Waals surface area (Å²) in [6.07, 6.45) is -4.76. The first kappa shape index (κ1) is 16.6. The van der Waals surface area contributed by atoms with Gasteiger partial charge in [0.15, 0.2) is 0 Å². The van der Waals surface area contributed by atoms with E-state index in [0.717, 1.165) is 12.1 Å². The number of alkyl halides is 3. The lowest BCUT2D eigenvalue weighted by Gasteiger charge is -2.20. The van der Waals surface area contributed by atoms with Crippen LogP contribution in [0.1, 0.15) is 6.92 Å². The first-order valence-electron chi connectivity index (χ1n) is 5.96. The summed E-state index contributed by atoms with van der Waals surface area (Å²) in [5.41, 5.74) is 5.52. The fourth-order valence-electron chi connectivity index (χ4n) is 1.48. The van der Waals surface area contributed by atoms with E-state index in [2.05, 4.69) is 10.1 Å². The van der Waals surface area contributed by atoms with Gasteiger partial charge in [-0.25, -0.2) is 4.79 Å². The van der Waals surface area contributed by atoms with Crippen LogP contribution in [0.2, 0.25) is 0 Å². The van der Waals surface area contributed by atoms with Crippen LogP contribution in [-0.4, -0.2) is 36.2 Å². The van der Waals surface area contributed by atoms with Gasteiger partial charge in [-0.3, -0.25) is 5.41 Å². The van der Waals surface area contributed by atoms with Crippen molar-refractivity contribution in [2.75, 3.05) is 18.4 Å². The van der Waals surface area contributed by atoms with E-state index in [1.54, 1.807) is 6.92 Å². The van der Waals surface area contributed by atoms with Crippen LogP contribution in [0, 0.1) is 5.41 Å². The van der Waals surface area contributed by atoms with Crippen LogP contribution in [0.3, 0.4) is 0 Å². The van der Waals surface area contributed by atoms with Gasteiger partial charge < -0.3 is 20.7 Å². The van der Waals surface area contributed by atoms with Gasteiger partial charge in [0, 0.05) is 12.2 Å². The number of nitrogens with one attached hydrogen (secondary N) is 2. The molecule has 1 rings (SSSR count). The van der Waals surface area contributed by atoms with E-state index in [1.165, 1.54) is 17.0 Å². The monoisotopic (exact) mass is 304 g/mol. The van der Waals surface area contributed by atoms with Crippen molar-refractivity contribution in [2.24, 2.45) is 5.73 Å². The highest BCUT2D eigenvalue weighted by Gasteiger charge is 2.30. The number of halogens is 3. The van der Waals surface area contributed by atoms with Crippen molar-refractivity contribution in [3.8, 4) is 5.75 Å². The largest absolute Gasteiger partial charge is 0.573 e. The molecule has 0 saturated carbocycles. The maximum absolute atomic E-state index is 12.0. The standard InChI is InChI=1S/C12H15F3N4O2/c1-2-19(7-10(16)17)11(20)18-8-3-5-9(6-4-8)21-12(13,14)15/h3-6H,2,7H2,1H3,(H3,16,17)(H,18,20). The summed E-state index contributed by atoms with van der Waals surface area (Å²) < 4.78 is 39.7. The van der Waals surface area contributed by atoms with E-state index in [-0.39, 0.29) is 18.1 Å². The lowest BCUT2D eigenvalue weighted by molar-refractivity contribution is -0.274. The van der Waals surface area contributed by atoms with Crippen LogP contribution >= 0.6 is 0 Å². The molecule has 0 heterocycles. The Morgan fingerprint density at radius 1 is 1.38 bits per heavy atom. The molecular weight excluding hydrogens is 289 g/mol. The lowest BCUT2D eigenvalue weighted by Crippen LogP contribution is -2.40. The van der Waals surface area contributed by atoms with Crippen LogP contribution in [0.25, 0.3) is 0 Å². The number of rotatable bonds is 5. The van der Waals surface area contributed by atoms with Gasteiger partial charge in [-0.15, -0.1) is 13.2 Å². The number of hydrogen-bond donors (Lipinski definition) is 3. The molecule has 0 aliphatic rings. The van der Waals surface area contributed by atoms with Gasteiger partial charge in [0.25, 0.3) is 0 Å². The number of nitrogens with two attached hydrogens (primary N) is 1. The predicted molar refractivity (Wildman–Crippen MR) is 71.3 cm³/mol. The third-order valence-electron chi connectivity index (χ3n) is 2.37. The summed E-state index contributed by atoms with van der Waals surface area (Å²) in [5.74, 6) is -0.544. The first-order valence-corrected chi connectivity index (χ1v) is 5.96. The molecule has 0 radical (unpaired) electrons. The topological polar surface area (TPSA) is 91.4 Å². The third-order valence-corrected chi connectivity index (χ3v) is 2.37. The average Bonchev–Trinajstić information content (AvgIpc) is 2.36. The molecule has 0 atom stereocenters. The summed E-state index contributed by atoms with van der Waals surface area (Å²) in [4.78, 5) is 13.1. The van der Waals surface area contributed by atoms with Gasteiger partial charge in [-0.05, 0) is 31.2 Å². The molecule has 9 heteroatoms. The van der Waals surface area contributed by atoms with Gasteiger partial charge in [0.2, 0.25) is 0 Å². The smallest absolute Gasteiger partial charge is 0.406 e. The van der Waals surface area contributed by atoms with Crippen molar-refractivity contribution in [1.82, 2.24) is 4.90 Å². The van der Waals surface area contributed by atoms with Crippen molar-refractivity contribution < 1.29 is 22.7 Å². The van der Waals surface area contributed by atoms with Crippen LogP contribution in [0.5, 0.6) is 5.75 Å². The molecule has 0 saturated heterocycles. The molecule has 0 fully saturated rings. The van der Waals surface area contributed by atoms with Crippen molar-refractivity contribution in [1.29, 1.82) is 5.41 Å². The number of ether oxygens (including phenoxy) is 1. The van der Waals surface area contributed by atoms with Crippen LogP contribution in [0.4, 0.5) is 23.7 Å². The van der Waals surface area contributed by atoms with Crippen molar-refractivity contribution in [3.63, 3.8) is 0 Å². The minimum absolute atomic E-state index is 0.0302. The molecule has 0 spiro atoms. The molecule has 0 aromatic heterocycles. The normalized spacial score (nSPS) is 10.9. The minimum Gasteiger partial charge on any atom is -0.406 e. The van der Waals surface area contributed by atoms with Gasteiger partial charge in [0.05, 0.1) is 6.54 Å². The van der Waals surface area contributed by atoms with E-state index >= 15 is 0 Å². The Morgan fingerprint density at radius 2 is 1.95 bits per heavy atom. The summed E-state index contributed by atoms with van der Waals surface area (Å²) >= 11 is 0. The average molecular weight is 304 g/mol. The Balaban J connectivity index is 2.66. The molecule has 2 amide bonds. The fourth-order valence-corrected chi connectivity index (χ4v) is 1.48. The van der Waals surface area contributed by atoms with E-state index in [1.807, 2.05) is 0 Å². The predicted octanol–water partition coefficient (Wildman–Crippen LogP) is 2.37. The Morgan fingerprint density at radius 3 is 2.38 bits per heavy atom. The molecule has 0 bridgehead atoms. The SMILES string of the molecule is CCN(CC(=N)N)C(=O)Nc1ccc(OC(F)(F)F)cc1. The van der Waals surface area contributed by atoms with Crippen molar-refractivity contribution in [3.05, 3.63) is 24.3 Å². The quantitative estimate of drug-likeness (QED) is 0.576. The van der Waals surface area contributed by atoms with Gasteiger partial charge >= 0.3 is 12.4 Å². The number of amides is 2. The highest BCUT2D eigenvalue weighted by molar-refractivity contribution is 5.92. The van der Waals surface area contributed by atoms with Crippen molar-refractivity contribution in [2.45, 2.75) is 13.3 Å². The van der Waals surface area contributed by atoms with Gasteiger partial charge in [0.1, 0.15) is 11.6 Å². The molecule has 21 heavy (non-hydrogen) atoms. The Labute approximate surface area is 119 Å². The molecule has 1 aromatic carbocycles. The van der Waals surface area contributed by atoms with E-state index in [0.29, 0.717) is 12.2 Å². The number of carbonyl (C=O) groups is 1. The van der Waals surface area contributed by atoms with Gasteiger partial charge in [-0.2, -0.15) is 0 Å². The summed E-state index contributed by atoms with van der Waals surface area (Å²) in [6.45, 7) is 2.01. The highest BCUT2D eigenvalue weighted by atomic mass is 19.4. The number of benzene rings is 1. The van der Waals surface area contributed by atoms with Crippen LogP contribution in [0.15, 0.2) is 24.3 Å². The number of hydrogen-bond acceptors (Lipinski definition) is 3. The Hall–Kier alpha value is -2.45. The van der Waals surface area contributed by atoms with Crippen LogP contribution in [-0.2, 0) is 0 Å². The molecular formula is C12H15F3N4O2. The zero-order valence-electron chi connectivity index (χ0n) is 11.2. The highest BCUT2D eigenvalue weighted by Crippen LogP contribution is 2.23. The zero-order chi connectivity index (χ0) is 16.0. The molecule has 6 nitrogen and oxygen atoms in total. The number of nitrogens with zero attached hydrogens (tertiary/aromatic N) is 1. The molecule has 0 aliphatic heterocycles. The summed E-state index contributed by atoms with van der Waals surface area (Å²) in [5, 5.41) is 9.63.